The summed E-state index contributed by atoms with van der Waals surface area (Å²) in [6.45, 7) is 1.12. The van der Waals surface area contributed by atoms with E-state index in [0.29, 0.717) is 6.04 Å². The highest BCUT2D eigenvalue weighted by molar-refractivity contribution is 7.80. The van der Waals surface area contributed by atoms with E-state index in [9.17, 15) is 0 Å². The Morgan fingerprint density at radius 1 is 1.78 bits per heavy atom. The van der Waals surface area contributed by atoms with Crippen molar-refractivity contribution in [3.05, 3.63) is 0 Å². The van der Waals surface area contributed by atoms with Gasteiger partial charge in [-0.15, -0.1) is 0 Å². The zero-order chi connectivity index (χ0) is 6.69. The maximum absolute atomic E-state index is 5.04. The van der Waals surface area contributed by atoms with E-state index in [1.165, 1.54) is 12.8 Å². The van der Waals surface area contributed by atoms with Gasteiger partial charge in [-0.1, -0.05) is 12.2 Å². The summed E-state index contributed by atoms with van der Waals surface area (Å²) in [5.74, 6) is 0. The van der Waals surface area contributed by atoms with Gasteiger partial charge in [0.25, 0.3) is 0 Å². The quantitative estimate of drug-likeness (QED) is 0.517. The third-order valence-corrected chi connectivity index (χ3v) is 2.11. The smallest absolute Gasteiger partial charge is 0.0923 e. The van der Waals surface area contributed by atoms with Gasteiger partial charge in [-0.3, -0.25) is 0 Å². The molecule has 0 aromatic rings. The molecule has 52 valence electrons. The van der Waals surface area contributed by atoms with E-state index < -0.39 is 0 Å². The molecule has 0 spiro atoms. The lowest BCUT2D eigenvalue weighted by Crippen LogP contribution is -2.36. The molecule has 1 saturated heterocycles. The van der Waals surface area contributed by atoms with Crippen LogP contribution in [0.25, 0.3) is 0 Å². The molecule has 0 aromatic carbocycles. The number of rotatable bonds is 1. The van der Waals surface area contributed by atoms with Crippen LogP contribution in [0.5, 0.6) is 0 Å². The number of thiocarbonyl (C=S) groups is 1. The molecule has 0 aliphatic carbocycles. The third kappa shape index (κ3) is 1.63. The monoisotopic (exact) mass is 144 g/mol. The molecule has 0 unspecified atom stereocenters. The fraction of sp³-hybridized carbons (Fsp3) is 0.833. The largest absolute Gasteiger partial charge is 0.381 e. The molecule has 0 saturated carbocycles. The lowest BCUT2D eigenvalue weighted by atomic mass is 10.2. The summed E-state index contributed by atoms with van der Waals surface area (Å²) in [5.41, 5.74) is 0. The second-order valence-electron chi connectivity index (χ2n) is 2.26. The van der Waals surface area contributed by atoms with Gasteiger partial charge in [0.2, 0.25) is 0 Å². The molecule has 3 heteroatoms. The summed E-state index contributed by atoms with van der Waals surface area (Å²) in [7, 11) is 1.88. The lowest BCUT2D eigenvalue weighted by Gasteiger charge is -2.09. The first-order chi connectivity index (χ1) is 4.34. The molecule has 0 bridgehead atoms. The van der Waals surface area contributed by atoms with Crippen LogP contribution in [0.15, 0.2) is 0 Å². The Hall–Kier alpha value is -0.150. The molecular formula is C6H12N2S. The minimum atomic E-state index is 0.449. The molecule has 1 heterocycles. The van der Waals surface area contributed by atoms with Crippen LogP contribution in [0.2, 0.25) is 0 Å². The van der Waals surface area contributed by atoms with Crippen molar-refractivity contribution >= 4 is 17.2 Å². The highest BCUT2D eigenvalue weighted by Gasteiger charge is 2.16. The van der Waals surface area contributed by atoms with E-state index in [0.717, 1.165) is 11.5 Å². The van der Waals surface area contributed by atoms with Crippen molar-refractivity contribution < 1.29 is 0 Å². The summed E-state index contributed by atoms with van der Waals surface area (Å²) < 4.78 is 0. The predicted molar refractivity (Wildman–Crippen MR) is 42.7 cm³/mol. The third-order valence-electron chi connectivity index (χ3n) is 1.62. The first-order valence-electron chi connectivity index (χ1n) is 3.29. The molecule has 2 N–H and O–H groups in total. The second kappa shape index (κ2) is 3.13. The molecule has 1 atom stereocenters. The molecule has 0 radical (unpaired) electrons. The van der Waals surface area contributed by atoms with Gasteiger partial charge in [0, 0.05) is 7.05 Å². The van der Waals surface area contributed by atoms with E-state index >= 15 is 0 Å². The standard InChI is InChI=1S/C6H12N2S/c1-7-6(9)5-3-2-4-8-5/h5,8H,2-4H2,1H3,(H,7,9)/t5-/m0/s1. The Morgan fingerprint density at radius 2 is 2.56 bits per heavy atom. The molecule has 1 aliphatic rings. The summed E-state index contributed by atoms with van der Waals surface area (Å²) in [6.07, 6.45) is 2.45. The van der Waals surface area contributed by atoms with Gasteiger partial charge >= 0.3 is 0 Å². The lowest BCUT2D eigenvalue weighted by molar-refractivity contribution is 0.752. The van der Waals surface area contributed by atoms with E-state index in [2.05, 4.69) is 10.6 Å². The molecule has 1 rings (SSSR count). The van der Waals surface area contributed by atoms with Gasteiger partial charge < -0.3 is 10.6 Å². The van der Waals surface area contributed by atoms with Crippen LogP contribution in [0, 0.1) is 0 Å². The maximum atomic E-state index is 5.04. The Kier molecular flexibility index (Phi) is 2.42. The molecule has 0 amide bonds. The summed E-state index contributed by atoms with van der Waals surface area (Å²) in [5, 5.41) is 6.28. The van der Waals surface area contributed by atoms with Gasteiger partial charge in [-0.05, 0) is 19.4 Å². The second-order valence-corrected chi connectivity index (χ2v) is 2.70. The first-order valence-corrected chi connectivity index (χ1v) is 3.70. The summed E-state index contributed by atoms with van der Waals surface area (Å²) in [6, 6.07) is 0.449. The SMILES string of the molecule is CNC(=S)[C@@H]1CCCN1. The van der Waals surface area contributed by atoms with Gasteiger partial charge in [-0.25, -0.2) is 0 Å². The van der Waals surface area contributed by atoms with Crippen LogP contribution >= 0.6 is 12.2 Å². The van der Waals surface area contributed by atoms with Gasteiger partial charge in [0.1, 0.15) is 0 Å². The number of hydrogen-bond donors (Lipinski definition) is 2. The molecule has 0 aromatic heterocycles. The fourth-order valence-corrected chi connectivity index (χ4v) is 1.28. The van der Waals surface area contributed by atoms with E-state index in [1.54, 1.807) is 0 Å². The summed E-state index contributed by atoms with van der Waals surface area (Å²) in [4.78, 5) is 0.951. The van der Waals surface area contributed by atoms with Crippen LogP contribution in [-0.4, -0.2) is 24.6 Å². The van der Waals surface area contributed by atoms with Crippen molar-refractivity contribution in [2.24, 2.45) is 0 Å². The zero-order valence-corrected chi connectivity index (χ0v) is 6.42. The van der Waals surface area contributed by atoms with Crippen LogP contribution in [0.1, 0.15) is 12.8 Å². The highest BCUT2D eigenvalue weighted by atomic mass is 32.1. The highest BCUT2D eigenvalue weighted by Crippen LogP contribution is 2.04. The van der Waals surface area contributed by atoms with Gasteiger partial charge in [0.05, 0.1) is 11.0 Å². The minimum Gasteiger partial charge on any atom is -0.381 e. The van der Waals surface area contributed by atoms with Gasteiger partial charge in [-0.2, -0.15) is 0 Å². The number of likely N-dealkylation sites (N-methyl/N-ethyl adjacent to an activating group) is 1. The van der Waals surface area contributed by atoms with Crippen LogP contribution in [0.3, 0.4) is 0 Å². The number of hydrogen-bond acceptors (Lipinski definition) is 2. The van der Waals surface area contributed by atoms with E-state index in [1.807, 2.05) is 7.05 Å². The zero-order valence-electron chi connectivity index (χ0n) is 5.61. The topological polar surface area (TPSA) is 24.1 Å². The van der Waals surface area contributed by atoms with Crippen LogP contribution in [0.4, 0.5) is 0 Å². The molecule has 2 nitrogen and oxygen atoms in total. The minimum absolute atomic E-state index is 0.449. The van der Waals surface area contributed by atoms with Gasteiger partial charge in [0.15, 0.2) is 0 Å². The van der Waals surface area contributed by atoms with E-state index in [-0.39, 0.29) is 0 Å². The van der Waals surface area contributed by atoms with Crippen molar-refractivity contribution in [1.82, 2.24) is 10.6 Å². The average molecular weight is 144 g/mol. The van der Waals surface area contributed by atoms with Crippen LogP contribution in [-0.2, 0) is 0 Å². The molecule has 9 heavy (non-hydrogen) atoms. The van der Waals surface area contributed by atoms with Crippen molar-refractivity contribution in [2.75, 3.05) is 13.6 Å². The fourth-order valence-electron chi connectivity index (χ4n) is 1.08. The van der Waals surface area contributed by atoms with Crippen LogP contribution < -0.4 is 10.6 Å². The Morgan fingerprint density at radius 3 is 3.00 bits per heavy atom. The maximum Gasteiger partial charge on any atom is 0.0923 e. The molecule has 1 aliphatic heterocycles. The van der Waals surface area contributed by atoms with E-state index in [4.69, 9.17) is 12.2 Å². The average Bonchev–Trinajstić information content (AvgIpc) is 2.37. The van der Waals surface area contributed by atoms with Crippen molar-refractivity contribution in [1.29, 1.82) is 0 Å². The predicted octanol–water partition coefficient (Wildman–Crippen LogP) is 0.285. The first kappa shape index (κ1) is 6.96. The van der Waals surface area contributed by atoms with Crippen molar-refractivity contribution in [3.63, 3.8) is 0 Å². The number of nitrogens with one attached hydrogen (secondary N) is 2. The van der Waals surface area contributed by atoms with Crippen molar-refractivity contribution in [2.45, 2.75) is 18.9 Å². The Balaban J connectivity index is 2.32. The van der Waals surface area contributed by atoms with Crippen molar-refractivity contribution in [3.8, 4) is 0 Å². The summed E-state index contributed by atoms with van der Waals surface area (Å²) >= 11 is 5.04. The molecular weight excluding hydrogens is 132 g/mol. The normalized spacial score (nSPS) is 26.1. The Bertz CT molecular complexity index is 108. The Labute approximate surface area is 61.0 Å². The molecule has 1 fully saturated rings.